The molecular formula is C24H31N3O2. The minimum Gasteiger partial charge on any atom is -0.346 e. The summed E-state index contributed by atoms with van der Waals surface area (Å²) in [7, 11) is 1.66. The molecule has 0 spiro atoms. The molecule has 0 aliphatic carbocycles. The zero-order valence-electron chi connectivity index (χ0n) is 17.8. The Bertz CT molecular complexity index is 893. The van der Waals surface area contributed by atoms with Gasteiger partial charge in [-0.3, -0.25) is 4.79 Å². The number of likely N-dealkylation sites (tertiary alicyclic amines) is 1. The maximum atomic E-state index is 12.9. The first-order chi connectivity index (χ1) is 13.9. The van der Waals surface area contributed by atoms with Crippen molar-refractivity contribution >= 4 is 11.9 Å². The number of carbonyl (C=O) groups excluding carboxylic acids is 2. The minimum atomic E-state index is -0.0710. The van der Waals surface area contributed by atoms with Crippen molar-refractivity contribution in [3.05, 3.63) is 70.3 Å². The second-order valence-electron chi connectivity index (χ2n) is 8.02. The zero-order valence-corrected chi connectivity index (χ0v) is 17.8. The van der Waals surface area contributed by atoms with Crippen LogP contribution in [0.2, 0.25) is 0 Å². The number of carbonyl (C=O) groups is 2. The molecule has 1 heterocycles. The molecule has 2 aromatic rings. The number of rotatable bonds is 4. The minimum absolute atomic E-state index is 0.0362. The number of urea groups is 1. The number of nitrogens with zero attached hydrogens (tertiary/aromatic N) is 1. The zero-order chi connectivity index (χ0) is 21.0. The summed E-state index contributed by atoms with van der Waals surface area (Å²) < 4.78 is 0. The SMILES string of the molecule is CNC(=O)N1CCC[C@H](c2cccc(C(=O)N[C@H](C)c3ccc(C)cc3C)c2)C1. The summed E-state index contributed by atoms with van der Waals surface area (Å²) in [4.78, 5) is 26.7. The van der Waals surface area contributed by atoms with Crippen molar-refractivity contribution in [1.82, 2.24) is 15.5 Å². The fraction of sp³-hybridized carbons (Fsp3) is 0.417. The molecule has 29 heavy (non-hydrogen) atoms. The van der Waals surface area contributed by atoms with Gasteiger partial charge in [0, 0.05) is 31.6 Å². The van der Waals surface area contributed by atoms with Crippen LogP contribution in [0, 0.1) is 13.8 Å². The van der Waals surface area contributed by atoms with Crippen molar-refractivity contribution in [3.8, 4) is 0 Å². The van der Waals surface area contributed by atoms with Gasteiger partial charge in [0.2, 0.25) is 0 Å². The van der Waals surface area contributed by atoms with E-state index in [-0.39, 0.29) is 23.9 Å². The monoisotopic (exact) mass is 393 g/mol. The first-order valence-electron chi connectivity index (χ1n) is 10.3. The second kappa shape index (κ2) is 9.12. The second-order valence-corrected chi connectivity index (χ2v) is 8.02. The Morgan fingerprint density at radius 2 is 1.93 bits per heavy atom. The van der Waals surface area contributed by atoms with Crippen LogP contribution in [0.3, 0.4) is 0 Å². The van der Waals surface area contributed by atoms with E-state index in [1.54, 1.807) is 7.05 Å². The highest BCUT2D eigenvalue weighted by molar-refractivity contribution is 5.94. The number of piperidine rings is 1. The molecule has 0 bridgehead atoms. The van der Waals surface area contributed by atoms with Gasteiger partial charge in [-0.2, -0.15) is 0 Å². The summed E-state index contributed by atoms with van der Waals surface area (Å²) in [5, 5.41) is 5.83. The van der Waals surface area contributed by atoms with E-state index in [0.717, 1.165) is 30.5 Å². The molecule has 2 N–H and O–H groups in total. The lowest BCUT2D eigenvalue weighted by Gasteiger charge is -2.32. The molecule has 3 rings (SSSR count). The molecule has 2 aromatic carbocycles. The van der Waals surface area contributed by atoms with Gasteiger partial charge in [-0.05, 0) is 62.4 Å². The van der Waals surface area contributed by atoms with Gasteiger partial charge in [-0.1, -0.05) is 35.9 Å². The van der Waals surface area contributed by atoms with E-state index in [4.69, 9.17) is 0 Å². The number of nitrogens with one attached hydrogen (secondary N) is 2. The van der Waals surface area contributed by atoms with Gasteiger partial charge in [0.05, 0.1) is 6.04 Å². The number of benzene rings is 2. The first kappa shape index (κ1) is 20.9. The lowest BCUT2D eigenvalue weighted by molar-refractivity contribution is 0.0939. The van der Waals surface area contributed by atoms with Crippen molar-refractivity contribution in [1.29, 1.82) is 0 Å². The highest BCUT2D eigenvalue weighted by Crippen LogP contribution is 2.28. The van der Waals surface area contributed by atoms with E-state index in [1.165, 1.54) is 11.1 Å². The van der Waals surface area contributed by atoms with Crippen LogP contribution in [0.15, 0.2) is 42.5 Å². The Morgan fingerprint density at radius 3 is 2.66 bits per heavy atom. The quantitative estimate of drug-likeness (QED) is 0.813. The first-order valence-corrected chi connectivity index (χ1v) is 10.3. The van der Waals surface area contributed by atoms with Crippen LogP contribution in [-0.2, 0) is 0 Å². The summed E-state index contributed by atoms with van der Waals surface area (Å²) >= 11 is 0. The average Bonchev–Trinajstić information content (AvgIpc) is 2.73. The van der Waals surface area contributed by atoms with Crippen LogP contribution in [0.25, 0.3) is 0 Å². The lowest BCUT2D eigenvalue weighted by Crippen LogP contribution is -2.43. The number of hydrogen-bond donors (Lipinski definition) is 2. The van der Waals surface area contributed by atoms with Gasteiger partial charge in [-0.15, -0.1) is 0 Å². The third-order valence-corrected chi connectivity index (χ3v) is 5.78. The van der Waals surface area contributed by atoms with Crippen molar-refractivity contribution in [3.63, 3.8) is 0 Å². The number of amides is 3. The molecule has 1 aliphatic heterocycles. The molecule has 3 amide bonds. The summed E-state index contributed by atoms with van der Waals surface area (Å²) in [6.07, 6.45) is 2.00. The average molecular weight is 394 g/mol. The largest absolute Gasteiger partial charge is 0.346 e. The molecule has 0 saturated carbocycles. The van der Waals surface area contributed by atoms with E-state index >= 15 is 0 Å². The molecule has 154 valence electrons. The third kappa shape index (κ3) is 4.97. The Hall–Kier alpha value is -2.82. The number of hydrogen-bond acceptors (Lipinski definition) is 2. The maximum Gasteiger partial charge on any atom is 0.317 e. The smallest absolute Gasteiger partial charge is 0.317 e. The predicted octanol–water partition coefficient (Wildman–Crippen LogP) is 4.31. The Labute approximate surface area is 173 Å². The van der Waals surface area contributed by atoms with Gasteiger partial charge in [-0.25, -0.2) is 4.79 Å². The molecule has 0 aromatic heterocycles. The highest BCUT2D eigenvalue weighted by Gasteiger charge is 2.24. The Morgan fingerprint density at radius 1 is 1.14 bits per heavy atom. The predicted molar refractivity (Wildman–Crippen MR) is 116 cm³/mol. The van der Waals surface area contributed by atoms with Gasteiger partial charge < -0.3 is 15.5 Å². The summed E-state index contributed by atoms with van der Waals surface area (Å²) in [5.74, 6) is 0.184. The van der Waals surface area contributed by atoms with Crippen LogP contribution in [0.5, 0.6) is 0 Å². The van der Waals surface area contributed by atoms with Crippen molar-refractivity contribution in [2.75, 3.05) is 20.1 Å². The molecule has 1 aliphatic rings. The summed E-state index contributed by atoms with van der Waals surface area (Å²) in [5.41, 5.74) is 5.31. The topological polar surface area (TPSA) is 61.4 Å². The van der Waals surface area contributed by atoms with Crippen LogP contribution < -0.4 is 10.6 Å². The highest BCUT2D eigenvalue weighted by atomic mass is 16.2. The molecule has 0 unspecified atom stereocenters. The summed E-state index contributed by atoms with van der Waals surface area (Å²) in [6.45, 7) is 7.63. The van der Waals surface area contributed by atoms with E-state index in [2.05, 4.69) is 48.7 Å². The lowest BCUT2D eigenvalue weighted by atomic mass is 9.89. The third-order valence-electron chi connectivity index (χ3n) is 5.78. The van der Waals surface area contributed by atoms with Crippen molar-refractivity contribution in [2.24, 2.45) is 0 Å². The molecule has 1 fully saturated rings. The van der Waals surface area contributed by atoms with Crippen LogP contribution in [0.1, 0.15) is 64.3 Å². The van der Waals surface area contributed by atoms with Gasteiger partial charge in [0.1, 0.15) is 0 Å². The van der Waals surface area contributed by atoms with Crippen LogP contribution >= 0.6 is 0 Å². The van der Waals surface area contributed by atoms with E-state index in [0.29, 0.717) is 12.1 Å². The fourth-order valence-electron chi connectivity index (χ4n) is 4.19. The molecule has 5 nitrogen and oxygen atoms in total. The molecule has 5 heteroatoms. The van der Waals surface area contributed by atoms with Crippen molar-refractivity contribution < 1.29 is 9.59 Å². The van der Waals surface area contributed by atoms with Gasteiger partial charge in [0.25, 0.3) is 5.91 Å². The molecule has 2 atom stereocenters. The van der Waals surface area contributed by atoms with Crippen LogP contribution in [-0.4, -0.2) is 37.0 Å². The molecular weight excluding hydrogens is 362 g/mol. The van der Waals surface area contributed by atoms with Crippen molar-refractivity contribution in [2.45, 2.75) is 45.6 Å². The van der Waals surface area contributed by atoms with Crippen LogP contribution in [0.4, 0.5) is 4.79 Å². The van der Waals surface area contributed by atoms with E-state index < -0.39 is 0 Å². The molecule has 1 saturated heterocycles. The van der Waals surface area contributed by atoms with Gasteiger partial charge in [0.15, 0.2) is 0 Å². The Balaban J connectivity index is 1.71. The fourth-order valence-corrected chi connectivity index (χ4v) is 4.19. The normalized spacial score (nSPS) is 17.5. The maximum absolute atomic E-state index is 12.9. The standard InChI is InChI=1S/C24H31N3O2/c1-16-10-11-22(17(2)13-16)18(3)26-23(28)20-8-5-7-19(14-20)21-9-6-12-27(15-21)24(29)25-4/h5,7-8,10-11,13-14,18,21H,6,9,12,15H2,1-4H3,(H,25,29)(H,26,28)/t18-,21+/m1/s1. The van der Waals surface area contributed by atoms with E-state index in [1.807, 2.05) is 30.0 Å². The Kier molecular flexibility index (Phi) is 6.57. The summed E-state index contributed by atoms with van der Waals surface area (Å²) in [6, 6.07) is 14.0. The molecule has 0 radical (unpaired) electrons. The van der Waals surface area contributed by atoms with E-state index in [9.17, 15) is 9.59 Å². The number of aryl methyl sites for hydroxylation is 2. The van der Waals surface area contributed by atoms with Gasteiger partial charge >= 0.3 is 6.03 Å².